The smallest absolute Gasteiger partial charge is 0.0334 e. The monoisotopic (exact) mass is 352 g/mol. The minimum Gasteiger partial charge on any atom is -0.329 e. The maximum absolute atomic E-state index is 6.24. The predicted molar refractivity (Wildman–Crippen MR) is 94.2 cm³/mol. The Balaban J connectivity index is 2.14. The van der Waals surface area contributed by atoms with Crippen molar-refractivity contribution < 1.29 is 0 Å². The van der Waals surface area contributed by atoms with Crippen LogP contribution in [0.3, 0.4) is 0 Å². The number of rotatable bonds is 5. The highest BCUT2D eigenvalue weighted by molar-refractivity contribution is 9.10. The number of halogens is 1. The second-order valence-electron chi connectivity index (χ2n) is 6.98. The maximum Gasteiger partial charge on any atom is 0.0334 e. The molecule has 1 aliphatic carbocycles. The van der Waals surface area contributed by atoms with E-state index in [-0.39, 0.29) is 5.54 Å². The van der Waals surface area contributed by atoms with Gasteiger partial charge in [0.1, 0.15) is 0 Å². The Bertz CT molecular complexity index is 460. The molecule has 2 atom stereocenters. The molecule has 0 bridgehead atoms. The number of nitrogens with two attached hydrogens (primary N) is 1. The van der Waals surface area contributed by atoms with Crippen molar-refractivity contribution in [3.63, 3.8) is 0 Å². The molecule has 1 aromatic rings. The predicted octanol–water partition coefficient (Wildman–Crippen LogP) is 4.42. The first-order valence-electron chi connectivity index (χ1n) is 8.13. The topological polar surface area (TPSA) is 29.3 Å². The molecule has 0 spiro atoms. The molecular weight excluding hydrogens is 324 g/mol. The highest BCUT2D eigenvalue weighted by Gasteiger charge is 2.39. The van der Waals surface area contributed by atoms with Crippen molar-refractivity contribution in [1.29, 1.82) is 0 Å². The highest BCUT2D eigenvalue weighted by atomic mass is 79.9. The summed E-state index contributed by atoms with van der Waals surface area (Å²) in [4.78, 5) is 2.50. The second kappa shape index (κ2) is 7.26. The first-order chi connectivity index (χ1) is 9.98. The molecule has 1 aromatic carbocycles. The van der Waals surface area contributed by atoms with Crippen LogP contribution in [-0.2, 0) is 6.54 Å². The average molecular weight is 353 g/mol. The molecule has 2 rings (SSSR count). The third-order valence-corrected chi connectivity index (χ3v) is 6.13. The normalized spacial score (nSPS) is 26.5. The molecule has 0 radical (unpaired) electrons. The Kier molecular flexibility index (Phi) is 5.87. The van der Waals surface area contributed by atoms with Crippen LogP contribution in [0.2, 0.25) is 0 Å². The van der Waals surface area contributed by atoms with Crippen LogP contribution in [0.1, 0.15) is 45.1 Å². The number of hydrogen-bond donors (Lipinski definition) is 1. The third kappa shape index (κ3) is 3.88. The van der Waals surface area contributed by atoms with Crippen LogP contribution in [-0.4, -0.2) is 24.0 Å². The van der Waals surface area contributed by atoms with Gasteiger partial charge in [0.2, 0.25) is 0 Å². The summed E-state index contributed by atoms with van der Waals surface area (Å²) in [6.45, 7) is 6.43. The van der Waals surface area contributed by atoms with Crippen molar-refractivity contribution in [2.45, 2.75) is 51.6 Å². The molecule has 0 heterocycles. The Hall–Kier alpha value is -0.380. The summed E-state index contributed by atoms with van der Waals surface area (Å²) >= 11 is 3.67. The molecular formula is C18H29BrN2. The number of benzene rings is 1. The Morgan fingerprint density at radius 1 is 1.38 bits per heavy atom. The Morgan fingerprint density at radius 3 is 2.71 bits per heavy atom. The minimum atomic E-state index is 0.169. The fourth-order valence-electron chi connectivity index (χ4n) is 3.69. The van der Waals surface area contributed by atoms with Gasteiger partial charge in [0.25, 0.3) is 0 Å². The van der Waals surface area contributed by atoms with Gasteiger partial charge < -0.3 is 5.73 Å². The molecule has 0 aliphatic heterocycles. The molecule has 3 heteroatoms. The van der Waals surface area contributed by atoms with Crippen molar-refractivity contribution in [2.24, 2.45) is 17.6 Å². The molecule has 1 aliphatic rings. The van der Waals surface area contributed by atoms with Crippen LogP contribution in [0, 0.1) is 11.8 Å². The fourth-order valence-corrected chi connectivity index (χ4v) is 4.10. The molecule has 2 N–H and O–H groups in total. The third-order valence-electron chi connectivity index (χ3n) is 5.36. The van der Waals surface area contributed by atoms with Gasteiger partial charge in [-0.3, -0.25) is 4.90 Å². The first kappa shape index (κ1) is 17.0. The van der Waals surface area contributed by atoms with E-state index < -0.39 is 0 Å². The quantitative estimate of drug-likeness (QED) is 0.849. The van der Waals surface area contributed by atoms with Crippen LogP contribution in [0.4, 0.5) is 0 Å². The van der Waals surface area contributed by atoms with E-state index in [4.69, 9.17) is 5.73 Å². The number of hydrogen-bond acceptors (Lipinski definition) is 2. The molecule has 0 amide bonds. The van der Waals surface area contributed by atoms with Gasteiger partial charge in [0.05, 0.1) is 0 Å². The van der Waals surface area contributed by atoms with E-state index in [1.165, 1.54) is 35.7 Å². The van der Waals surface area contributed by atoms with E-state index in [0.29, 0.717) is 0 Å². The summed E-state index contributed by atoms with van der Waals surface area (Å²) in [7, 11) is 2.25. The highest BCUT2D eigenvalue weighted by Crippen LogP contribution is 2.39. The van der Waals surface area contributed by atoms with Gasteiger partial charge in [-0.15, -0.1) is 0 Å². The summed E-state index contributed by atoms with van der Waals surface area (Å²) in [5.41, 5.74) is 7.76. The van der Waals surface area contributed by atoms with E-state index >= 15 is 0 Å². The van der Waals surface area contributed by atoms with E-state index in [1.807, 2.05) is 0 Å². The summed E-state index contributed by atoms with van der Waals surface area (Å²) in [6.07, 6.45) is 5.14. The zero-order chi connectivity index (χ0) is 15.5. The van der Waals surface area contributed by atoms with Gasteiger partial charge in [-0.2, -0.15) is 0 Å². The van der Waals surface area contributed by atoms with E-state index in [2.05, 4.69) is 66.0 Å². The number of nitrogens with zero attached hydrogens (tertiary/aromatic N) is 1. The molecule has 2 nitrogen and oxygen atoms in total. The molecule has 1 fully saturated rings. The fraction of sp³-hybridized carbons (Fsp3) is 0.667. The lowest BCUT2D eigenvalue weighted by Gasteiger charge is -2.48. The second-order valence-corrected chi connectivity index (χ2v) is 7.83. The Morgan fingerprint density at radius 2 is 2.10 bits per heavy atom. The summed E-state index contributed by atoms with van der Waals surface area (Å²) < 4.78 is 1.19. The van der Waals surface area contributed by atoms with Crippen molar-refractivity contribution in [3.05, 3.63) is 34.3 Å². The SMILES string of the molecule is CC(C)C1CCCC(CN)(N(C)Cc2ccccc2Br)C1. The van der Waals surface area contributed by atoms with Gasteiger partial charge in [-0.1, -0.05) is 60.8 Å². The van der Waals surface area contributed by atoms with Crippen LogP contribution in [0.25, 0.3) is 0 Å². The minimum absolute atomic E-state index is 0.169. The zero-order valence-electron chi connectivity index (χ0n) is 13.6. The van der Waals surface area contributed by atoms with Crippen LogP contribution in [0.15, 0.2) is 28.7 Å². The standard InChI is InChI=1S/C18H29BrN2/c1-14(2)15-8-6-10-18(11-15,13-20)21(3)12-16-7-4-5-9-17(16)19/h4-5,7,9,14-15H,6,8,10-13,20H2,1-3H3. The van der Waals surface area contributed by atoms with Crippen LogP contribution >= 0.6 is 15.9 Å². The van der Waals surface area contributed by atoms with Crippen molar-refractivity contribution in [3.8, 4) is 0 Å². The number of likely N-dealkylation sites (N-methyl/N-ethyl adjacent to an activating group) is 1. The van der Waals surface area contributed by atoms with Gasteiger partial charge in [0, 0.05) is 23.1 Å². The van der Waals surface area contributed by atoms with E-state index in [0.717, 1.165) is 24.9 Å². The van der Waals surface area contributed by atoms with Crippen molar-refractivity contribution in [1.82, 2.24) is 4.90 Å². The van der Waals surface area contributed by atoms with Gasteiger partial charge in [0.15, 0.2) is 0 Å². The Labute approximate surface area is 138 Å². The largest absolute Gasteiger partial charge is 0.329 e. The van der Waals surface area contributed by atoms with Gasteiger partial charge in [-0.05, 0) is 43.4 Å². The van der Waals surface area contributed by atoms with Crippen molar-refractivity contribution >= 4 is 15.9 Å². The maximum atomic E-state index is 6.24. The molecule has 1 saturated carbocycles. The summed E-state index contributed by atoms with van der Waals surface area (Å²) in [5.74, 6) is 1.57. The van der Waals surface area contributed by atoms with E-state index in [1.54, 1.807) is 0 Å². The van der Waals surface area contributed by atoms with Crippen LogP contribution in [0.5, 0.6) is 0 Å². The molecule has 0 saturated heterocycles. The lowest BCUT2D eigenvalue weighted by atomic mass is 9.71. The average Bonchev–Trinajstić information content (AvgIpc) is 2.49. The van der Waals surface area contributed by atoms with Gasteiger partial charge >= 0.3 is 0 Å². The summed E-state index contributed by atoms with van der Waals surface area (Å²) in [5, 5.41) is 0. The van der Waals surface area contributed by atoms with E-state index in [9.17, 15) is 0 Å². The first-order valence-corrected chi connectivity index (χ1v) is 8.92. The lowest BCUT2D eigenvalue weighted by molar-refractivity contribution is 0.0395. The van der Waals surface area contributed by atoms with Crippen LogP contribution < -0.4 is 5.73 Å². The van der Waals surface area contributed by atoms with Gasteiger partial charge in [-0.25, -0.2) is 0 Å². The lowest BCUT2D eigenvalue weighted by Crippen LogP contribution is -2.54. The zero-order valence-corrected chi connectivity index (χ0v) is 15.2. The molecule has 118 valence electrons. The molecule has 21 heavy (non-hydrogen) atoms. The molecule has 2 unspecified atom stereocenters. The molecule has 0 aromatic heterocycles. The van der Waals surface area contributed by atoms with Crippen molar-refractivity contribution in [2.75, 3.05) is 13.6 Å². The summed E-state index contributed by atoms with van der Waals surface area (Å²) in [6, 6.07) is 8.51.